The molecule has 4 amide bonds. The van der Waals surface area contributed by atoms with Gasteiger partial charge in [0, 0.05) is 12.1 Å². The zero-order chi connectivity index (χ0) is 19.6. The Balaban J connectivity index is 1.47. The number of carbonyl (C=O) groups excluding carboxylic acids is 3. The fourth-order valence-electron chi connectivity index (χ4n) is 4.41. The molecule has 27 heavy (non-hydrogen) atoms. The lowest BCUT2D eigenvalue weighted by molar-refractivity contribution is -0.139. The average Bonchev–Trinajstić information content (AvgIpc) is 2.80. The van der Waals surface area contributed by atoms with Crippen molar-refractivity contribution < 1.29 is 24.3 Å². The van der Waals surface area contributed by atoms with Crippen molar-refractivity contribution in [1.82, 2.24) is 20.4 Å². The number of carboxylic acids is 1. The van der Waals surface area contributed by atoms with Crippen molar-refractivity contribution in [2.24, 2.45) is 0 Å². The molecule has 0 atom stereocenters. The standard InChI is InChI=1S/C18H28N4O5/c1-2-21(11-15(24)25)13-8-12(9-13)19-14(23)10-22-16(26)18(20-17(22)27)6-4-3-5-7-18/h12-13H,2-11H2,1H3,(H,19,23)(H,20,27)(H,24,25). The van der Waals surface area contributed by atoms with E-state index in [-0.39, 0.29) is 37.0 Å². The summed E-state index contributed by atoms with van der Waals surface area (Å²) in [7, 11) is 0. The first-order valence-electron chi connectivity index (χ1n) is 9.74. The molecule has 3 aliphatic rings. The van der Waals surface area contributed by atoms with E-state index in [9.17, 15) is 19.2 Å². The van der Waals surface area contributed by atoms with Crippen LogP contribution in [0, 0.1) is 0 Å². The highest BCUT2D eigenvalue weighted by molar-refractivity contribution is 6.09. The molecule has 150 valence electrons. The molecule has 3 rings (SSSR count). The lowest BCUT2D eigenvalue weighted by Crippen LogP contribution is -2.56. The summed E-state index contributed by atoms with van der Waals surface area (Å²) in [6, 6.07) is -0.393. The summed E-state index contributed by atoms with van der Waals surface area (Å²) in [5.41, 5.74) is -0.810. The van der Waals surface area contributed by atoms with Crippen LogP contribution in [0.4, 0.5) is 4.79 Å². The van der Waals surface area contributed by atoms with Gasteiger partial charge in [-0.25, -0.2) is 4.79 Å². The van der Waals surface area contributed by atoms with Gasteiger partial charge >= 0.3 is 12.0 Å². The second-order valence-corrected chi connectivity index (χ2v) is 7.81. The van der Waals surface area contributed by atoms with E-state index in [0.717, 1.165) is 24.2 Å². The van der Waals surface area contributed by atoms with E-state index in [0.29, 0.717) is 32.2 Å². The van der Waals surface area contributed by atoms with Crippen LogP contribution in [0.15, 0.2) is 0 Å². The Morgan fingerprint density at radius 1 is 1.26 bits per heavy atom. The summed E-state index contributed by atoms with van der Waals surface area (Å²) in [5, 5.41) is 14.6. The van der Waals surface area contributed by atoms with E-state index in [1.54, 1.807) is 0 Å². The molecule has 0 aromatic rings. The molecule has 1 spiro atoms. The Bertz CT molecular complexity index is 625. The van der Waals surface area contributed by atoms with Crippen LogP contribution in [0.3, 0.4) is 0 Å². The molecule has 0 unspecified atom stereocenters. The molecule has 1 heterocycles. The Hall–Kier alpha value is -2.16. The van der Waals surface area contributed by atoms with Gasteiger partial charge < -0.3 is 15.7 Å². The Kier molecular flexibility index (Phi) is 5.69. The number of hydrogen-bond donors (Lipinski definition) is 3. The molecule has 1 saturated heterocycles. The summed E-state index contributed by atoms with van der Waals surface area (Å²) in [6.07, 6.45) is 5.49. The van der Waals surface area contributed by atoms with E-state index in [2.05, 4.69) is 10.6 Å². The number of carbonyl (C=O) groups is 4. The number of amides is 4. The van der Waals surface area contributed by atoms with Crippen molar-refractivity contribution in [2.75, 3.05) is 19.6 Å². The summed E-state index contributed by atoms with van der Waals surface area (Å²) >= 11 is 0. The van der Waals surface area contributed by atoms with Crippen molar-refractivity contribution in [3.05, 3.63) is 0 Å². The molecule has 1 aliphatic heterocycles. The first-order chi connectivity index (χ1) is 12.8. The van der Waals surface area contributed by atoms with Gasteiger partial charge in [0.25, 0.3) is 5.91 Å². The number of likely N-dealkylation sites (N-methyl/N-ethyl adjacent to an activating group) is 1. The minimum absolute atomic E-state index is 0.00757. The van der Waals surface area contributed by atoms with Gasteiger partial charge in [0.1, 0.15) is 12.1 Å². The van der Waals surface area contributed by atoms with Crippen LogP contribution in [-0.4, -0.2) is 76.0 Å². The third-order valence-electron chi connectivity index (χ3n) is 5.99. The van der Waals surface area contributed by atoms with Gasteiger partial charge in [-0.1, -0.05) is 26.2 Å². The fraction of sp³-hybridized carbons (Fsp3) is 0.778. The molecule has 9 heteroatoms. The van der Waals surface area contributed by atoms with Crippen molar-refractivity contribution in [1.29, 1.82) is 0 Å². The number of imide groups is 1. The van der Waals surface area contributed by atoms with Gasteiger partial charge in [0.2, 0.25) is 5.91 Å². The normalized spacial score (nSPS) is 26.8. The highest BCUT2D eigenvalue weighted by Crippen LogP contribution is 2.33. The van der Waals surface area contributed by atoms with E-state index < -0.39 is 17.5 Å². The highest BCUT2D eigenvalue weighted by Gasteiger charge is 2.51. The third kappa shape index (κ3) is 4.07. The molecule has 9 nitrogen and oxygen atoms in total. The van der Waals surface area contributed by atoms with Crippen LogP contribution in [0.5, 0.6) is 0 Å². The lowest BCUT2D eigenvalue weighted by Gasteiger charge is -2.42. The van der Waals surface area contributed by atoms with E-state index in [4.69, 9.17) is 5.11 Å². The van der Waals surface area contributed by atoms with Crippen LogP contribution in [0.2, 0.25) is 0 Å². The summed E-state index contributed by atoms with van der Waals surface area (Å²) in [4.78, 5) is 50.9. The molecule has 3 fully saturated rings. The van der Waals surface area contributed by atoms with Gasteiger partial charge in [0.05, 0.1) is 6.54 Å². The van der Waals surface area contributed by atoms with Gasteiger partial charge in [-0.3, -0.25) is 24.2 Å². The third-order valence-corrected chi connectivity index (χ3v) is 5.99. The Morgan fingerprint density at radius 2 is 1.93 bits per heavy atom. The molecule has 0 radical (unpaired) electrons. The predicted molar refractivity (Wildman–Crippen MR) is 95.9 cm³/mol. The van der Waals surface area contributed by atoms with Crippen molar-refractivity contribution >= 4 is 23.8 Å². The van der Waals surface area contributed by atoms with E-state index in [1.165, 1.54) is 0 Å². The zero-order valence-electron chi connectivity index (χ0n) is 15.7. The molecule has 2 aliphatic carbocycles. The second-order valence-electron chi connectivity index (χ2n) is 7.81. The SMILES string of the molecule is CCN(CC(=O)O)C1CC(NC(=O)CN2C(=O)NC3(CCCCC3)C2=O)C1. The van der Waals surface area contributed by atoms with Crippen molar-refractivity contribution in [2.45, 2.75) is 69.5 Å². The van der Waals surface area contributed by atoms with Crippen LogP contribution in [0.1, 0.15) is 51.9 Å². The number of hydrogen-bond acceptors (Lipinski definition) is 5. The number of aliphatic carboxylic acids is 1. The Labute approximate surface area is 158 Å². The minimum Gasteiger partial charge on any atom is -0.480 e. The number of urea groups is 1. The maximum Gasteiger partial charge on any atom is 0.325 e. The van der Waals surface area contributed by atoms with Crippen LogP contribution >= 0.6 is 0 Å². The Morgan fingerprint density at radius 3 is 2.52 bits per heavy atom. The molecule has 2 saturated carbocycles. The maximum absolute atomic E-state index is 12.7. The number of nitrogens with one attached hydrogen (secondary N) is 2. The number of carboxylic acid groups (broad SMARTS) is 1. The first kappa shape index (κ1) is 19.6. The van der Waals surface area contributed by atoms with E-state index in [1.807, 2.05) is 11.8 Å². The largest absolute Gasteiger partial charge is 0.480 e. The summed E-state index contributed by atoms with van der Waals surface area (Å²) in [6.45, 7) is 2.28. The van der Waals surface area contributed by atoms with Gasteiger partial charge in [0.15, 0.2) is 0 Å². The molecule has 0 bridgehead atoms. The second kappa shape index (κ2) is 7.84. The summed E-state index contributed by atoms with van der Waals surface area (Å²) in [5.74, 6) is -1.50. The number of rotatable bonds is 7. The van der Waals surface area contributed by atoms with Gasteiger partial charge in [-0.15, -0.1) is 0 Å². The zero-order valence-corrected chi connectivity index (χ0v) is 15.7. The van der Waals surface area contributed by atoms with Crippen LogP contribution < -0.4 is 10.6 Å². The fourth-order valence-corrected chi connectivity index (χ4v) is 4.41. The molecular formula is C18H28N4O5. The molecule has 0 aromatic carbocycles. The van der Waals surface area contributed by atoms with Gasteiger partial charge in [-0.2, -0.15) is 0 Å². The first-order valence-corrected chi connectivity index (χ1v) is 9.74. The number of nitrogens with zero attached hydrogens (tertiary/aromatic N) is 2. The van der Waals surface area contributed by atoms with Crippen LogP contribution in [0.25, 0.3) is 0 Å². The maximum atomic E-state index is 12.7. The van der Waals surface area contributed by atoms with Gasteiger partial charge in [-0.05, 0) is 32.2 Å². The minimum atomic E-state index is -0.862. The lowest BCUT2D eigenvalue weighted by atomic mass is 9.82. The molecular weight excluding hydrogens is 352 g/mol. The highest BCUT2D eigenvalue weighted by atomic mass is 16.4. The van der Waals surface area contributed by atoms with E-state index >= 15 is 0 Å². The topological polar surface area (TPSA) is 119 Å². The quantitative estimate of drug-likeness (QED) is 0.547. The predicted octanol–water partition coefficient (Wildman–Crippen LogP) is 0.295. The van der Waals surface area contributed by atoms with Crippen molar-refractivity contribution in [3.63, 3.8) is 0 Å². The smallest absolute Gasteiger partial charge is 0.325 e. The monoisotopic (exact) mass is 380 g/mol. The molecule has 3 N–H and O–H groups in total. The summed E-state index contributed by atoms with van der Waals surface area (Å²) < 4.78 is 0. The molecule has 0 aromatic heterocycles. The average molecular weight is 380 g/mol. The van der Waals surface area contributed by atoms with Crippen molar-refractivity contribution in [3.8, 4) is 0 Å². The van der Waals surface area contributed by atoms with Crippen LogP contribution in [-0.2, 0) is 14.4 Å².